The van der Waals surface area contributed by atoms with Crippen LogP contribution >= 0.6 is 11.6 Å². The summed E-state index contributed by atoms with van der Waals surface area (Å²) >= 11 is 6.00. The van der Waals surface area contributed by atoms with E-state index in [-0.39, 0.29) is 6.61 Å². The molecule has 0 fully saturated rings. The topological polar surface area (TPSA) is 95.3 Å². The second-order valence-electron chi connectivity index (χ2n) is 5.82. The molecule has 1 heterocycles. The van der Waals surface area contributed by atoms with Crippen molar-refractivity contribution in [1.29, 1.82) is 0 Å². The van der Waals surface area contributed by atoms with Crippen LogP contribution in [-0.2, 0) is 14.3 Å². The minimum absolute atomic E-state index is 0.294. The minimum Gasteiger partial charge on any atom is -0.482 e. The molecule has 0 aliphatic carbocycles. The number of nitrogens with zero attached hydrogens (tertiary/aromatic N) is 3. The number of anilines is 1. The van der Waals surface area contributed by atoms with Crippen LogP contribution in [0.2, 0.25) is 5.02 Å². The molecule has 3 aromatic rings. The molecule has 0 saturated heterocycles. The van der Waals surface area contributed by atoms with Gasteiger partial charge in [-0.25, -0.2) is 14.5 Å². The quantitative estimate of drug-likeness (QED) is 0.613. The molecule has 28 heavy (non-hydrogen) atoms. The number of esters is 1. The third kappa shape index (κ3) is 5.31. The first-order chi connectivity index (χ1) is 13.5. The van der Waals surface area contributed by atoms with E-state index < -0.39 is 18.5 Å². The van der Waals surface area contributed by atoms with Crippen molar-refractivity contribution < 1.29 is 19.1 Å². The van der Waals surface area contributed by atoms with E-state index in [1.807, 2.05) is 19.1 Å². The molecule has 3 rings (SSSR count). The molecule has 0 unspecified atom stereocenters. The first-order valence-electron chi connectivity index (χ1n) is 8.31. The molecular formula is C19H17ClN4O4. The zero-order chi connectivity index (χ0) is 19.9. The standard InChI is InChI=1S/C19H17ClN4O4/c1-13-3-2-4-15(7-13)27-10-19(26)28-9-18(25)23-16-8-14(20)5-6-17(16)24-12-21-11-22-24/h2-8,11-12H,9-10H2,1H3,(H,23,25). The van der Waals surface area contributed by atoms with Crippen molar-refractivity contribution in [1.82, 2.24) is 14.8 Å². The summed E-state index contributed by atoms with van der Waals surface area (Å²) in [5, 5.41) is 7.11. The third-order valence-corrected chi connectivity index (χ3v) is 3.84. The van der Waals surface area contributed by atoms with E-state index in [9.17, 15) is 9.59 Å². The lowest BCUT2D eigenvalue weighted by Gasteiger charge is -2.12. The number of carbonyl (C=O) groups is 2. The zero-order valence-corrected chi connectivity index (χ0v) is 15.7. The first-order valence-corrected chi connectivity index (χ1v) is 8.68. The Morgan fingerprint density at radius 3 is 2.79 bits per heavy atom. The van der Waals surface area contributed by atoms with Gasteiger partial charge in [0.05, 0.1) is 11.4 Å². The van der Waals surface area contributed by atoms with Crippen LogP contribution in [0.1, 0.15) is 5.56 Å². The molecule has 1 N–H and O–H groups in total. The molecule has 1 amide bonds. The summed E-state index contributed by atoms with van der Waals surface area (Å²) in [4.78, 5) is 27.8. The predicted molar refractivity (Wildman–Crippen MR) is 103 cm³/mol. The highest BCUT2D eigenvalue weighted by atomic mass is 35.5. The summed E-state index contributed by atoms with van der Waals surface area (Å²) < 4.78 is 11.8. The minimum atomic E-state index is -0.653. The van der Waals surface area contributed by atoms with Gasteiger partial charge in [-0.3, -0.25) is 4.79 Å². The molecule has 144 valence electrons. The van der Waals surface area contributed by atoms with Crippen LogP contribution in [0.5, 0.6) is 5.75 Å². The van der Waals surface area contributed by atoms with Crippen molar-refractivity contribution >= 4 is 29.2 Å². The van der Waals surface area contributed by atoms with Gasteiger partial charge >= 0.3 is 5.97 Å². The zero-order valence-electron chi connectivity index (χ0n) is 15.0. The summed E-state index contributed by atoms with van der Waals surface area (Å²) in [5.74, 6) is -0.621. The van der Waals surface area contributed by atoms with Gasteiger partial charge in [0, 0.05) is 5.02 Å². The summed E-state index contributed by atoms with van der Waals surface area (Å²) in [5.41, 5.74) is 1.99. The molecular weight excluding hydrogens is 384 g/mol. The van der Waals surface area contributed by atoms with E-state index in [1.54, 1.807) is 30.3 Å². The fraction of sp³-hybridized carbons (Fsp3) is 0.158. The van der Waals surface area contributed by atoms with Gasteiger partial charge in [0.1, 0.15) is 18.4 Å². The summed E-state index contributed by atoms with van der Waals surface area (Å²) in [6.45, 7) is 1.16. The Morgan fingerprint density at radius 2 is 2.04 bits per heavy atom. The lowest BCUT2D eigenvalue weighted by molar-refractivity contribution is -0.149. The van der Waals surface area contributed by atoms with E-state index >= 15 is 0 Å². The summed E-state index contributed by atoms with van der Waals surface area (Å²) in [6, 6.07) is 12.2. The van der Waals surface area contributed by atoms with Gasteiger partial charge in [-0.05, 0) is 42.8 Å². The highest BCUT2D eigenvalue weighted by Crippen LogP contribution is 2.23. The van der Waals surface area contributed by atoms with E-state index in [1.165, 1.54) is 17.3 Å². The number of nitrogens with one attached hydrogen (secondary N) is 1. The van der Waals surface area contributed by atoms with Crippen LogP contribution in [0.25, 0.3) is 5.69 Å². The average molecular weight is 401 g/mol. The molecule has 9 heteroatoms. The lowest BCUT2D eigenvalue weighted by Crippen LogP contribution is -2.24. The molecule has 1 aromatic heterocycles. The van der Waals surface area contributed by atoms with Crippen molar-refractivity contribution in [2.45, 2.75) is 6.92 Å². The van der Waals surface area contributed by atoms with Crippen LogP contribution in [0.15, 0.2) is 55.1 Å². The van der Waals surface area contributed by atoms with Gasteiger partial charge in [0.2, 0.25) is 0 Å². The van der Waals surface area contributed by atoms with Gasteiger partial charge in [0.25, 0.3) is 5.91 Å². The number of amides is 1. The fourth-order valence-corrected chi connectivity index (χ4v) is 2.53. The molecule has 0 spiro atoms. The number of carbonyl (C=O) groups excluding carboxylic acids is 2. The molecule has 0 bridgehead atoms. The van der Waals surface area contributed by atoms with Gasteiger partial charge < -0.3 is 14.8 Å². The van der Waals surface area contributed by atoms with E-state index in [0.717, 1.165) is 5.56 Å². The third-order valence-electron chi connectivity index (χ3n) is 3.61. The highest BCUT2D eigenvalue weighted by molar-refractivity contribution is 6.31. The van der Waals surface area contributed by atoms with Crippen molar-refractivity contribution in [2.75, 3.05) is 18.5 Å². The fourth-order valence-electron chi connectivity index (χ4n) is 2.36. The van der Waals surface area contributed by atoms with Crippen LogP contribution in [0.3, 0.4) is 0 Å². The number of rotatable bonds is 7. The second kappa shape index (κ2) is 9.01. The van der Waals surface area contributed by atoms with Gasteiger partial charge in [-0.2, -0.15) is 5.10 Å². The number of ether oxygens (including phenoxy) is 2. The van der Waals surface area contributed by atoms with Crippen molar-refractivity contribution in [3.8, 4) is 11.4 Å². The number of aryl methyl sites for hydroxylation is 1. The van der Waals surface area contributed by atoms with Crippen LogP contribution in [0, 0.1) is 6.92 Å². The SMILES string of the molecule is Cc1cccc(OCC(=O)OCC(=O)Nc2cc(Cl)ccc2-n2cncn2)c1. The van der Waals surface area contributed by atoms with Crippen molar-refractivity contribution in [3.05, 3.63) is 65.7 Å². The molecule has 0 saturated carbocycles. The first kappa shape index (κ1) is 19.4. The van der Waals surface area contributed by atoms with Crippen LogP contribution < -0.4 is 10.1 Å². The highest BCUT2D eigenvalue weighted by Gasteiger charge is 2.13. The number of aromatic nitrogens is 3. The molecule has 0 atom stereocenters. The summed E-state index contributed by atoms with van der Waals surface area (Å²) in [6.07, 6.45) is 2.86. The van der Waals surface area contributed by atoms with Crippen LogP contribution in [0.4, 0.5) is 5.69 Å². The normalized spacial score (nSPS) is 10.4. The average Bonchev–Trinajstić information content (AvgIpc) is 3.19. The van der Waals surface area contributed by atoms with Gasteiger partial charge in [0.15, 0.2) is 13.2 Å². The van der Waals surface area contributed by atoms with E-state index in [0.29, 0.717) is 22.1 Å². The Balaban J connectivity index is 1.53. The Morgan fingerprint density at radius 1 is 1.18 bits per heavy atom. The maximum Gasteiger partial charge on any atom is 0.344 e. The van der Waals surface area contributed by atoms with Crippen molar-refractivity contribution in [3.63, 3.8) is 0 Å². The number of benzene rings is 2. The predicted octanol–water partition coefficient (Wildman–Crippen LogP) is 2.79. The Bertz CT molecular complexity index is 976. The van der Waals surface area contributed by atoms with E-state index in [4.69, 9.17) is 21.1 Å². The number of hydrogen-bond donors (Lipinski definition) is 1. The smallest absolute Gasteiger partial charge is 0.344 e. The van der Waals surface area contributed by atoms with Gasteiger partial charge in [-0.15, -0.1) is 0 Å². The van der Waals surface area contributed by atoms with Gasteiger partial charge in [-0.1, -0.05) is 23.7 Å². The number of hydrogen-bond acceptors (Lipinski definition) is 6. The Kier molecular flexibility index (Phi) is 6.23. The Hall–Kier alpha value is -3.39. The Labute approximate surface area is 166 Å². The maximum absolute atomic E-state index is 12.2. The van der Waals surface area contributed by atoms with Crippen molar-refractivity contribution in [2.24, 2.45) is 0 Å². The summed E-state index contributed by atoms with van der Waals surface area (Å²) in [7, 11) is 0. The molecule has 0 aliphatic heterocycles. The lowest BCUT2D eigenvalue weighted by atomic mass is 10.2. The maximum atomic E-state index is 12.2. The molecule has 8 nitrogen and oxygen atoms in total. The van der Waals surface area contributed by atoms with Crippen LogP contribution in [-0.4, -0.2) is 39.9 Å². The molecule has 0 radical (unpaired) electrons. The number of halogens is 1. The monoisotopic (exact) mass is 400 g/mol. The second-order valence-corrected chi connectivity index (χ2v) is 6.25. The largest absolute Gasteiger partial charge is 0.482 e. The molecule has 0 aliphatic rings. The molecule has 2 aromatic carbocycles. The van der Waals surface area contributed by atoms with E-state index in [2.05, 4.69) is 15.4 Å².